The molecule has 1 aliphatic heterocycles. The molecule has 0 fully saturated rings. The maximum atomic E-state index is 6.18. The second-order valence-electron chi connectivity index (χ2n) is 5.32. The Kier molecular flexibility index (Phi) is 5.53. The lowest BCUT2D eigenvalue weighted by molar-refractivity contribution is 0.352. The average Bonchev–Trinajstić information content (AvgIpc) is 2.85. The number of rotatable bonds is 7. The van der Waals surface area contributed by atoms with Gasteiger partial charge in [-0.3, -0.25) is 0 Å². The summed E-state index contributed by atoms with van der Waals surface area (Å²) in [5.74, 6) is 1.10. The van der Waals surface area contributed by atoms with Crippen LogP contribution in [-0.4, -0.2) is 19.7 Å². The van der Waals surface area contributed by atoms with E-state index in [1.54, 1.807) is 0 Å². The summed E-state index contributed by atoms with van der Waals surface area (Å²) >= 11 is 6.18. The molecule has 1 heterocycles. The van der Waals surface area contributed by atoms with Crippen molar-refractivity contribution >= 4 is 11.6 Å². The van der Waals surface area contributed by atoms with E-state index < -0.39 is 0 Å². The van der Waals surface area contributed by atoms with Crippen LogP contribution in [0, 0.1) is 0 Å². The summed E-state index contributed by atoms with van der Waals surface area (Å²) in [6.45, 7) is 3.04. The fraction of sp³-hybridized carbons (Fsp3) is 0.625. The van der Waals surface area contributed by atoms with E-state index in [0.717, 1.165) is 30.2 Å². The van der Waals surface area contributed by atoms with Crippen LogP contribution in [0.15, 0.2) is 12.1 Å². The average molecular weight is 282 g/mol. The fourth-order valence-corrected chi connectivity index (χ4v) is 3.12. The molecule has 0 saturated heterocycles. The second-order valence-corrected chi connectivity index (χ2v) is 5.75. The number of nitrogens with one attached hydrogen (secondary N) is 1. The topological polar surface area (TPSA) is 21.3 Å². The van der Waals surface area contributed by atoms with E-state index in [9.17, 15) is 0 Å². The van der Waals surface area contributed by atoms with Gasteiger partial charge in [-0.1, -0.05) is 24.9 Å². The van der Waals surface area contributed by atoms with Crippen molar-refractivity contribution in [2.24, 2.45) is 0 Å². The zero-order valence-corrected chi connectivity index (χ0v) is 12.7. The summed E-state index contributed by atoms with van der Waals surface area (Å²) in [6, 6.07) is 4.75. The zero-order chi connectivity index (χ0) is 13.7. The molecule has 0 radical (unpaired) electrons. The molecule has 1 aliphatic rings. The maximum absolute atomic E-state index is 6.18. The number of ether oxygens (including phenoxy) is 1. The molecule has 0 amide bonds. The Labute approximate surface area is 121 Å². The van der Waals surface area contributed by atoms with Gasteiger partial charge < -0.3 is 10.1 Å². The first-order chi connectivity index (χ1) is 9.24. The van der Waals surface area contributed by atoms with Gasteiger partial charge in [0, 0.05) is 17.5 Å². The van der Waals surface area contributed by atoms with Gasteiger partial charge in [0.25, 0.3) is 0 Å². The summed E-state index contributed by atoms with van der Waals surface area (Å²) in [5, 5.41) is 4.24. The van der Waals surface area contributed by atoms with Crippen molar-refractivity contribution in [1.29, 1.82) is 0 Å². The Hall–Kier alpha value is -0.730. The van der Waals surface area contributed by atoms with Crippen LogP contribution in [0.25, 0.3) is 0 Å². The molecule has 19 heavy (non-hydrogen) atoms. The molecular formula is C16H24ClNO. The maximum Gasteiger partial charge on any atom is 0.125 e. The number of fused-ring (bicyclic) bond motifs is 1. The Morgan fingerprint density at radius 2 is 2.21 bits per heavy atom. The second kappa shape index (κ2) is 7.16. The quantitative estimate of drug-likeness (QED) is 0.816. The molecule has 1 unspecified atom stereocenters. The van der Waals surface area contributed by atoms with Gasteiger partial charge in [-0.15, -0.1) is 0 Å². The molecule has 2 nitrogen and oxygen atoms in total. The number of hydrogen-bond acceptors (Lipinski definition) is 2. The molecule has 0 saturated carbocycles. The minimum absolute atomic E-state index is 0.637. The standard InChI is InChI=1S/C16H24ClNO/c1-3-5-15(18-2)7-4-6-12-10-14(17)11-13-8-9-19-16(12)13/h10-11,15,18H,3-9H2,1-2H3. The largest absolute Gasteiger partial charge is 0.493 e. The van der Waals surface area contributed by atoms with E-state index >= 15 is 0 Å². The first-order valence-corrected chi connectivity index (χ1v) is 7.73. The van der Waals surface area contributed by atoms with E-state index in [0.29, 0.717) is 6.04 Å². The summed E-state index contributed by atoms with van der Waals surface area (Å²) in [6.07, 6.45) is 6.94. The van der Waals surface area contributed by atoms with Crippen LogP contribution in [0.1, 0.15) is 43.7 Å². The lowest BCUT2D eigenvalue weighted by atomic mass is 9.99. The highest BCUT2D eigenvalue weighted by Gasteiger charge is 2.17. The molecule has 3 heteroatoms. The number of halogens is 1. The normalized spacial score (nSPS) is 15.1. The molecular weight excluding hydrogens is 258 g/mol. The summed E-state index contributed by atoms with van der Waals surface area (Å²) in [4.78, 5) is 0. The third-order valence-electron chi connectivity index (χ3n) is 3.87. The summed E-state index contributed by atoms with van der Waals surface area (Å²) in [7, 11) is 2.06. The van der Waals surface area contributed by atoms with Crippen molar-refractivity contribution in [2.45, 2.75) is 51.5 Å². The van der Waals surface area contributed by atoms with Crippen LogP contribution in [0.2, 0.25) is 5.02 Å². The van der Waals surface area contributed by atoms with Crippen LogP contribution in [0.5, 0.6) is 5.75 Å². The van der Waals surface area contributed by atoms with Crippen molar-refractivity contribution in [3.63, 3.8) is 0 Å². The van der Waals surface area contributed by atoms with Crippen LogP contribution >= 0.6 is 11.6 Å². The molecule has 1 N–H and O–H groups in total. The molecule has 1 aromatic rings. The lowest BCUT2D eigenvalue weighted by Gasteiger charge is -2.15. The summed E-state index contributed by atoms with van der Waals surface area (Å²) < 4.78 is 5.74. The lowest BCUT2D eigenvalue weighted by Crippen LogP contribution is -2.24. The molecule has 0 aliphatic carbocycles. The highest BCUT2D eigenvalue weighted by Crippen LogP contribution is 2.33. The minimum Gasteiger partial charge on any atom is -0.493 e. The Morgan fingerprint density at radius 3 is 2.95 bits per heavy atom. The van der Waals surface area contributed by atoms with Crippen molar-refractivity contribution in [1.82, 2.24) is 5.32 Å². The first kappa shape index (κ1) is 14.7. The molecule has 106 valence electrons. The van der Waals surface area contributed by atoms with Gasteiger partial charge in [-0.25, -0.2) is 0 Å². The fourth-order valence-electron chi connectivity index (χ4n) is 2.85. The Bertz CT molecular complexity index is 419. The molecule has 1 atom stereocenters. The van der Waals surface area contributed by atoms with E-state index in [2.05, 4.69) is 25.4 Å². The van der Waals surface area contributed by atoms with Crippen molar-refractivity contribution in [3.05, 3.63) is 28.3 Å². The van der Waals surface area contributed by atoms with Crippen LogP contribution < -0.4 is 10.1 Å². The number of hydrogen-bond donors (Lipinski definition) is 1. The monoisotopic (exact) mass is 281 g/mol. The van der Waals surface area contributed by atoms with Crippen molar-refractivity contribution in [3.8, 4) is 5.75 Å². The van der Waals surface area contributed by atoms with Crippen LogP contribution in [0.3, 0.4) is 0 Å². The van der Waals surface area contributed by atoms with E-state index in [4.69, 9.17) is 16.3 Å². The van der Waals surface area contributed by atoms with Gasteiger partial charge in [0.2, 0.25) is 0 Å². The predicted octanol–water partition coefficient (Wildman–Crippen LogP) is 3.99. The molecule has 0 bridgehead atoms. The van der Waals surface area contributed by atoms with Gasteiger partial charge in [0.1, 0.15) is 5.75 Å². The van der Waals surface area contributed by atoms with Gasteiger partial charge in [0.15, 0.2) is 0 Å². The van der Waals surface area contributed by atoms with Gasteiger partial charge in [0.05, 0.1) is 6.61 Å². The summed E-state index contributed by atoms with van der Waals surface area (Å²) in [5.41, 5.74) is 2.56. The van der Waals surface area contributed by atoms with Crippen molar-refractivity contribution < 1.29 is 4.74 Å². The van der Waals surface area contributed by atoms with E-state index in [1.165, 1.54) is 36.8 Å². The van der Waals surface area contributed by atoms with E-state index in [-0.39, 0.29) is 0 Å². The first-order valence-electron chi connectivity index (χ1n) is 7.36. The number of benzene rings is 1. The van der Waals surface area contributed by atoms with Crippen LogP contribution in [0.4, 0.5) is 0 Å². The van der Waals surface area contributed by atoms with Gasteiger partial charge in [-0.2, -0.15) is 0 Å². The van der Waals surface area contributed by atoms with Crippen molar-refractivity contribution in [2.75, 3.05) is 13.7 Å². The SMILES string of the molecule is CCCC(CCCc1cc(Cl)cc2c1OCC2)NC. The van der Waals surface area contributed by atoms with E-state index in [1.807, 2.05) is 6.07 Å². The Morgan fingerprint density at radius 1 is 1.37 bits per heavy atom. The highest BCUT2D eigenvalue weighted by molar-refractivity contribution is 6.30. The Balaban J connectivity index is 1.93. The molecule has 1 aromatic carbocycles. The predicted molar refractivity (Wildman–Crippen MR) is 81.3 cm³/mol. The third kappa shape index (κ3) is 3.87. The molecule has 0 spiro atoms. The number of aryl methyl sites for hydroxylation is 1. The zero-order valence-electron chi connectivity index (χ0n) is 12.0. The van der Waals surface area contributed by atoms with Gasteiger partial charge in [-0.05, 0) is 56.0 Å². The van der Waals surface area contributed by atoms with Crippen LogP contribution in [-0.2, 0) is 12.8 Å². The molecule has 2 rings (SSSR count). The highest BCUT2D eigenvalue weighted by atomic mass is 35.5. The minimum atomic E-state index is 0.637. The molecule has 0 aromatic heterocycles. The third-order valence-corrected chi connectivity index (χ3v) is 4.09. The smallest absolute Gasteiger partial charge is 0.125 e. The van der Waals surface area contributed by atoms with Gasteiger partial charge >= 0.3 is 0 Å².